The van der Waals surface area contributed by atoms with Gasteiger partial charge in [-0.2, -0.15) is 0 Å². The zero-order valence-electron chi connectivity index (χ0n) is 20.7. The van der Waals surface area contributed by atoms with Crippen LogP contribution in [0.5, 0.6) is 11.5 Å². The second-order valence-electron chi connectivity index (χ2n) is 8.84. The number of carbonyl (C=O) groups is 2. The minimum Gasteiger partial charge on any atom is -0.497 e. The van der Waals surface area contributed by atoms with E-state index in [-0.39, 0.29) is 17.9 Å². The molecule has 0 radical (unpaired) electrons. The summed E-state index contributed by atoms with van der Waals surface area (Å²) in [5.41, 5.74) is 5.15. The van der Waals surface area contributed by atoms with E-state index in [1.807, 2.05) is 30.0 Å². The number of methoxy groups -OCH3 is 1. The predicted molar refractivity (Wildman–Crippen MR) is 137 cm³/mol. The van der Waals surface area contributed by atoms with E-state index in [2.05, 4.69) is 36.5 Å². The summed E-state index contributed by atoms with van der Waals surface area (Å²) in [7, 11) is 1.60. The Morgan fingerprint density at radius 1 is 1.03 bits per heavy atom. The number of hydrogen-bond acceptors (Lipinski definition) is 4. The highest BCUT2D eigenvalue weighted by Gasteiger charge is 2.32. The second-order valence-corrected chi connectivity index (χ2v) is 8.84. The van der Waals surface area contributed by atoms with Crippen molar-refractivity contribution in [2.75, 3.05) is 19.0 Å². The fraction of sp³-hybridized carbons (Fsp3) is 0.310. The third kappa shape index (κ3) is 5.48. The number of amides is 2. The molecule has 1 heterocycles. The molecule has 0 aromatic heterocycles. The Bertz CT molecular complexity index is 1190. The van der Waals surface area contributed by atoms with Crippen LogP contribution in [0.4, 0.5) is 5.69 Å². The zero-order chi connectivity index (χ0) is 24.9. The van der Waals surface area contributed by atoms with E-state index in [0.29, 0.717) is 24.4 Å². The van der Waals surface area contributed by atoms with Gasteiger partial charge < -0.3 is 19.7 Å². The molecular formula is C29H32N2O4. The van der Waals surface area contributed by atoms with Gasteiger partial charge in [-0.3, -0.25) is 9.59 Å². The second kappa shape index (κ2) is 10.6. The molecule has 1 aliphatic heterocycles. The number of nitrogens with one attached hydrogen (secondary N) is 1. The first-order valence-corrected chi connectivity index (χ1v) is 12.0. The SMILES string of the molecule is CCC(=O)N1CCc2ccc(O[C@H](C)C(=O)Nc3ccc(OC)cc3)cc2[C@H]1c1ccc(C)cc1. The first kappa shape index (κ1) is 24.3. The number of carbonyl (C=O) groups excluding carboxylic acids is 2. The normalized spacial score (nSPS) is 15.7. The maximum Gasteiger partial charge on any atom is 0.265 e. The monoisotopic (exact) mass is 472 g/mol. The number of fused-ring (bicyclic) bond motifs is 1. The Morgan fingerprint density at radius 2 is 1.71 bits per heavy atom. The number of nitrogens with zero attached hydrogens (tertiary/aromatic N) is 1. The van der Waals surface area contributed by atoms with E-state index >= 15 is 0 Å². The number of anilines is 1. The third-order valence-corrected chi connectivity index (χ3v) is 6.40. The average molecular weight is 473 g/mol. The molecule has 0 bridgehead atoms. The summed E-state index contributed by atoms with van der Waals surface area (Å²) < 4.78 is 11.2. The highest BCUT2D eigenvalue weighted by atomic mass is 16.5. The molecule has 4 rings (SSSR count). The number of benzene rings is 3. The van der Waals surface area contributed by atoms with E-state index in [1.54, 1.807) is 38.3 Å². The Balaban J connectivity index is 1.57. The van der Waals surface area contributed by atoms with Gasteiger partial charge in [0.25, 0.3) is 5.91 Å². The number of hydrogen-bond donors (Lipinski definition) is 1. The lowest BCUT2D eigenvalue weighted by Gasteiger charge is -2.38. The van der Waals surface area contributed by atoms with Crippen molar-refractivity contribution in [3.63, 3.8) is 0 Å². The van der Waals surface area contributed by atoms with Crippen LogP contribution in [0.25, 0.3) is 0 Å². The highest BCUT2D eigenvalue weighted by molar-refractivity contribution is 5.94. The molecule has 3 aromatic carbocycles. The number of rotatable bonds is 7. The molecule has 6 nitrogen and oxygen atoms in total. The molecule has 1 aliphatic rings. The van der Waals surface area contributed by atoms with Gasteiger partial charge in [-0.05, 0) is 73.4 Å². The summed E-state index contributed by atoms with van der Waals surface area (Å²) in [6, 6.07) is 21.2. The van der Waals surface area contributed by atoms with Crippen LogP contribution < -0.4 is 14.8 Å². The lowest BCUT2D eigenvalue weighted by molar-refractivity contribution is -0.133. The molecular weight excluding hydrogens is 440 g/mol. The van der Waals surface area contributed by atoms with Crippen molar-refractivity contribution in [2.45, 2.75) is 45.8 Å². The molecule has 2 atom stereocenters. The van der Waals surface area contributed by atoms with Crippen LogP contribution in [0, 0.1) is 6.92 Å². The Kier molecular flexibility index (Phi) is 7.39. The van der Waals surface area contributed by atoms with E-state index in [0.717, 1.165) is 23.3 Å². The van der Waals surface area contributed by atoms with E-state index in [4.69, 9.17) is 9.47 Å². The van der Waals surface area contributed by atoms with Crippen LogP contribution in [0.1, 0.15) is 48.6 Å². The van der Waals surface area contributed by atoms with Crippen LogP contribution >= 0.6 is 0 Å². The molecule has 3 aromatic rings. The molecule has 0 fully saturated rings. The van der Waals surface area contributed by atoms with Gasteiger partial charge in [-0.1, -0.05) is 42.8 Å². The van der Waals surface area contributed by atoms with Crippen molar-refractivity contribution in [3.05, 3.63) is 89.0 Å². The Labute approximate surface area is 206 Å². The molecule has 0 saturated heterocycles. The van der Waals surface area contributed by atoms with E-state index < -0.39 is 6.10 Å². The molecule has 1 N–H and O–H groups in total. The highest BCUT2D eigenvalue weighted by Crippen LogP contribution is 2.37. The summed E-state index contributed by atoms with van der Waals surface area (Å²) in [6.45, 7) is 6.35. The van der Waals surface area contributed by atoms with Crippen molar-refractivity contribution in [1.82, 2.24) is 4.90 Å². The average Bonchev–Trinajstić information content (AvgIpc) is 2.88. The molecule has 35 heavy (non-hydrogen) atoms. The van der Waals surface area contributed by atoms with Gasteiger partial charge in [0, 0.05) is 18.7 Å². The van der Waals surface area contributed by atoms with Gasteiger partial charge in [0.15, 0.2) is 6.10 Å². The predicted octanol–water partition coefficient (Wildman–Crippen LogP) is 5.29. The van der Waals surface area contributed by atoms with Crippen molar-refractivity contribution >= 4 is 17.5 Å². The van der Waals surface area contributed by atoms with Gasteiger partial charge >= 0.3 is 0 Å². The van der Waals surface area contributed by atoms with Crippen LogP contribution in [0.3, 0.4) is 0 Å². The van der Waals surface area contributed by atoms with Gasteiger partial charge in [-0.15, -0.1) is 0 Å². The Morgan fingerprint density at radius 3 is 2.37 bits per heavy atom. The summed E-state index contributed by atoms with van der Waals surface area (Å²) >= 11 is 0. The lowest BCUT2D eigenvalue weighted by Crippen LogP contribution is -2.40. The van der Waals surface area contributed by atoms with Crippen LogP contribution in [0.2, 0.25) is 0 Å². The largest absolute Gasteiger partial charge is 0.497 e. The molecule has 2 amide bonds. The minimum atomic E-state index is -0.704. The number of ether oxygens (including phenoxy) is 2. The first-order valence-electron chi connectivity index (χ1n) is 12.0. The summed E-state index contributed by atoms with van der Waals surface area (Å²) in [5, 5.41) is 2.87. The van der Waals surface area contributed by atoms with Crippen molar-refractivity contribution in [1.29, 1.82) is 0 Å². The smallest absolute Gasteiger partial charge is 0.265 e. The fourth-order valence-electron chi connectivity index (χ4n) is 4.42. The van der Waals surface area contributed by atoms with Crippen molar-refractivity contribution in [2.24, 2.45) is 0 Å². The van der Waals surface area contributed by atoms with Gasteiger partial charge in [0.1, 0.15) is 11.5 Å². The molecule has 0 unspecified atom stereocenters. The molecule has 182 valence electrons. The zero-order valence-corrected chi connectivity index (χ0v) is 20.7. The maximum atomic E-state index is 12.8. The summed E-state index contributed by atoms with van der Waals surface area (Å²) in [6.07, 6.45) is 0.540. The summed E-state index contributed by atoms with van der Waals surface area (Å²) in [5.74, 6) is 1.20. The van der Waals surface area contributed by atoms with Crippen LogP contribution in [0.15, 0.2) is 66.7 Å². The maximum absolute atomic E-state index is 12.8. The molecule has 0 saturated carbocycles. The van der Waals surface area contributed by atoms with Crippen molar-refractivity contribution in [3.8, 4) is 11.5 Å². The van der Waals surface area contributed by atoms with Gasteiger partial charge in [0.05, 0.1) is 13.2 Å². The number of aryl methyl sites for hydroxylation is 1. The quantitative estimate of drug-likeness (QED) is 0.507. The van der Waals surface area contributed by atoms with Gasteiger partial charge in [-0.25, -0.2) is 0 Å². The standard InChI is InChI=1S/C29H32N2O4/c1-5-27(32)31-17-16-21-10-13-25(18-26(21)28(31)22-8-6-19(2)7-9-22)35-20(3)29(33)30-23-11-14-24(34-4)15-12-23/h6-15,18,20,28H,5,16-17H2,1-4H3,(H,30,33)/t20-,28-/m1/s1. The van der Waals surface area contributed by atoms with Gasteiger partial charge in [0.2, 0.25) is 5.91 Å². The minimum absolute atomic E-state index is 0.125. The topological polar surface area (TPSA) is 67.9 Å². The lowest BCUT2D eigenvalue weighted by atomic mass is 9.87. The molecule has 0 spiro atoms. The van der Waals surface area contributed by atoms with Crippen LogP contribution in [-0.4, -0.2) is 36.5 Å². The first-order chi connectivity index (χ1) is 16.9. The molecule has 6 heteroatoms. The summed E-state index contributed by atoms with van der Waals surface area (Å²) in [4.78, 5) is 27.5. The van der Waals surface area contributed by atoms with Crippen molar-refractivity contribution < 1.29 is 19.1 Å². The third-order valence-electron chi connectivity index (χ3n) is 6.40. The van der Waals surface area contributed by atoms with Crippen LogP contribution in [-0.2, 0) is 16.0 Å². The fourth-order valence-corrected chi connectivity index (χ4v) is 4.42. The van der Waals surface area contributed by atoms with E-state index in [9.17, 15) is 9.59 Å². The molecule has 0 aliphatic carbocycles. The Hall–Kier alpha value is -3.80. The van der Waals surface area contributed by atoms with E-state index in [1.165, 1.54) is 11.1 Å².